The van der Waals surface area contributed by atoms with Crippen molar-refractivity contribution in [1.29, 1.82) is 0 Å². The normalized spacial score (nSPS) is 10.6. The van der Waals surface area contributed by atoms with Gasteiger partial charge in [0.1, 0.15) is 5.69 Å². The van der Waals surface area contributed by atoms with Crippen molar-refractivity contribution in [3.8, 4) is 0 Å². The molecule has 1 heterocycles. The zero-order chi connectivity index (χ0) is 15.4. The highest BCUT2D eigenvalue weighted by Gasteiger charge is 2.16. The maximum Gasteiger partial charge on any atom is 0.275 e. The Labute approximate surface area is 119 Å². The summed E-state index contributed by atoms with van der Waals surface area (Å²) in [7, 11) is 0. The van der Waals surface area contributed by atoms with Crippen LogP contribution in [-0.2, 0) is 6.42 Å². The number of rotatable bonds is 6. The Hall–Kier alpha value is -2.51. The maximum absolute atomic E-state index is 13.6. The molecule has 0 saturated carbocycles. The van der Waals surface area contributed by atoms with E-state index >= 15 is 0 Å². The summed E-state index contributed by atoms with van der Waals surface area (Å²) in [6.45, 7) is 2.24. The molecule has 0 aliphatic rings. The van der Waals surface area contributed by atoms with Crippen molar-refractivity contribution in [2.45, 2.75) is 19.8 Å². The molecule has 0 aliphatic carbocycles. The van der Waals surface area contributed by atoms with Gasteiger partial charge in [0.2, 0.25) is 0 Å². The molecule has 6 nitrogen and oxygen atoms in total. The number of aromatic amines is 1. The third-order valence-electron chi connectivity index (χ3n) is 3.10. The third kappa shape index (κ3) is 3.53. The van der Waals surface area contributed by atoms with E-state index in [-0.39, 0.29) is 5.69 Å². The lowest BCUT2D eigenvalue weighted by atomic mass is 10.1. The van der Waals surface area contributed by atoms with E-state index in [2.05, 4.69) is 15.5 Å². The first-order valence-corrected chi connectivity index (χ1v) is 6.35. The van der Waals surface area contributed by atoms with E-state index < -0.39 is 22.2 Å². The van der Waals surface area contributed by atoms with Crippen LogP contribution in [0.5, 0.6) is 0 Å². The molecule has 21 heavy (non-hydrogen) atoms. The van der Waals surface area contributed by atoms with Crippen LogP contribution in [0.1, 0.15) is 17.7 Å². The number of halogens is 2. The first kappa shape index (κ1) is 14.9. The van der Waals surface area contributed by atoms with Crippen molar-refractivity contribution in [2.24, 2.45) is 0 Å². The summed E-state index contributed by atoms with van der Waals surface area (Å²) in [4.78, 5) is 9.65. The quantitative estimate of drug-likeness (QED) is 0.487. The smallest absolute Gasteiger partial charge is 0.275 e. The second-order valence-electron chi connectivity index (χ2n) is 4.59. The number of aromatic nitrogens is 2. The third-order valence-corrected chi connectivity index (χ3v) is 3.10. The fourth-order valence-corrected chi connectivity index (χ4v) is 1.95. The molecule has 0 spiro atoms. The van der Waals surface area contributed by atoms with Crippen LogP contribution in [-0.4, -0.2) is 21.7 Å². The number of benzene rings is 1. The van der Waals surface area contributed by atoms with Crippen LogP contribution in [0.2, 0.25) is 0 Å². The molecule has 0 fully saturated rings. The molecule has 1 aromatic carbocycles. The number of anilines is 1. The SMILES string of the molecule is Cc1[nH]ncc1CCCNc1c(F)cc([N+](=O)[O-])cc1F. The standard InChI is InChI=1S/C13H14F2N4O2/c1-8-9(7-17-18-8)3-2-4-16-13-11(14)5-10(19(20)21)6-12(13)15/h5-7,16H,2-4H2,1H3,(H,17,18). The highest BCUT2D eigenvalue weighted by Crippen LogP contribution is 2.24. The number of nitro benzene ring substituents is 1. The summed E-state index contributed by atoms with van der Waals surface area (Å²) in [6.07, 6.45) is 3.07. The second-order valence-corrected chi connectivity index (χ2v) is 4.59. The fourth-order valence-electron chi connectivity index (χ4n) is 1.95. The van der Waals surface area contributed by atoms with Crippen molar-refractivity contribution >= 4 is 11.4 Å². The van der Waals surface area contributed by atoms with E-state index in [0.717, 1.165) is 11.3 Å². The minimum atomic E-state index is -0.971. The van der Waals surface area contributed by atoms with Crippen LogP contribution in [0.4, 0.5) is 20.2 Å². The zero-order valence-corrected chi connectivity index (χ0v) is 11.3. The number of H-pyrrole nitrogens is 1. The summed E-state index contributed by atoms with van der Waals surface area (Å²) in [6, 6.07) is 1.40. The number of nitrogens with one attached hydrogen (secondary N) is 2. The summed E-state index contributed by atoms with van der Waals surface area (Å²) in [5, 5.41) is 19.8. The Morgan fingerprint density at radius 3 is 2.57 bits per heavy atom. The van der Waals surface area contributed by atoms with Crippen molar-refractivity contribution in [2.75, 3.05) is 11.9 Å². The van der Waals surface area contributed by atoms with Gasteiger partial charge in [0.05, 0.1) is 23.3 Å². The first-order chi connectivity index (χ1) is 9.99. The summed E-state index contributed by atoms with van der Waals surface area (Å²) in [5.74, 6) is -1.94. The van der Waals surface area contributed by atoms with Crippen LogP contribution >= 0.6 is 0 Å². The number of aryl methyl sites for hydroxylation is 2. The molecule has 8 heteroatoms. The minimum absolute atomic E-state index is 0.343. The molecule has 2 aromatic rings. The molecule has 0 bridgehead atoms. The van der Waals surface area contributed by atoms with E-state index in [1.54, 1.807) is 6.20 Å². The van der Waals surface area contributed by atoms with Gasteiger partial charge in [-0.15, -0.1) is 0 Å². The number of nitro groups is 1. The van der Waals surface area contributed by atoms with Gasteiger partial charge in [0.15, 0.2) is 11.6 Å². The van der Waals surface area contributed by atoms with Gasteiger partial charge in [0.25, 0.3) is 5.69 Å². The lowest BCUT2D eigenvalue weighted by Crippen LogP contribution is -2.07. The molecule has 0 amide bonds. The lowest BCUT2D eigenvalue weighted by molar-refractivity contribution is -0.385. The Bertz CT molecular complexity index is 634. The van der Waals surface area contributed by atoms with Crippen LogP contribution in [0.25, 0.3) is 0 Å². The largest absolute Gasteiger partial charge is 0.380 e. The molecule has 0 unspecified atom stereocenters. The predicted molar refractivity (Wildman–Crippen MR) is 73.1 cm³/mol. The monoisotopic (exact) mass is 296 g/mol. The van der Waals surface area contributed by atoms with Gasteiger partial charge < -0.3 is 5.32 Å². The lowest BCUT2D eigenvalue weighted by Gasteiger charge is -2.08. The second kappa shape index (κ2) is 6.29. The van der Waals surface area contributed by atoms with Gasteiger partial charge >= 0.3 is 0 Å². The van der Waals surface area contributed by atoms with E-state index in [9.17, 15) is 18.9 Å². The van der Waals surface area contributed by atoms with Crippen molar-refractivity contribution in [3.05, 3.63) is 51.3 Å². The molecular weight excluding hydrogens is 282 g/mol. The molecule has 0 atom stereocenters. The van der Waals surface area contributed by atoms with Gasteiger partial charge in [-0.05, 0) is 25.3 Å². The van der Waals surface area contributed by atoms with Crippen LogP contribution < -0.4 is 5.32 Å². The summed E-state index contributed by atoms with van der Waals surface area (Å²) >= 11 is 0. The van der Waals surface area contributed by atoms with Gasteiger partial charge in [-0.2, -0.15) is 5.10 Å². The van der Waals surface area contributed by atoms with Gasteiger partial charge in [0, 0.05) is 12.2 Å². The van der Waals surface area contributed by atoms with Gasteiger partial charge in [-0.3, -0.25) is 15.2 Å². The number of nitrogens with zero attached hydrogens (tertiary/aromatic N) is 2. The molecular formula is C13H14F2N4O2. The Morgan fingerprint density at radius 1 is 1.38 bits per heavy atom. The molecule has 2 rings (SSSR count). The Balaban J connectivity index is 1.94. The molecule has 0 saturated heterocycles. The van der Waals surface area contributed by atoms with Crippen molar-refractivity contribution in [1.82, 2.24) is 10.2 Å². The topological polar surface area (TPSA) is 83.8 Å². The minimum Gasteiger partial charge on any atom is -0.380 e. The highest BCUT2D eigenvalue weighted by atomic mass is 19.1. The van der Waals surface area contributed by atoms with Crippen molar-refractivity contribution in [3.63, 3.8) is 0 Å². The molecule has 1 aromatic heterocycles. The van der Waals surface area contributed by atoms with E-state index in [1.807, 2.05) is 6.92 Å². The molecule has 2 N–H and O–H groups in total. The summed E-state index contributed by atoms with van der Waals surface area (Å²) < 4.78 is 27.2. The number of hydrogen-bond acceptors (Lipinski definition) is 4. The van der Waals surface area contributed by atoms with Gasteiger partial charge in [-0.1, -0.05) is 0 Å². The summed E-state index contributed by atoms with van der Waals surface area (Å²) in [5.41, 5.74) is 1.05. The predicted octanol–water partition coefficient (Wildman–Crippen LogP) is 2.95. The highest BCUT2D eigenvalue weighted by molar-refractivity contribution is 5.51. The average Bonchev–Trinajstić information content (AvgIpc) is 2.82. The van der Waals surface area contributed by atoms with Crippen LogP contribution in [0, 0.1) is 28.7 Å². The first-order valence-electron chi connectivity index (χ1n) is 6.35. The maximum atomic E-state index is 13.6. The van der Waals surface area contributed by atoms with Crippen LogP contribution in [0.15, 0.2) is 18.3 Å². The number of non-ortho nitro benzene ring substituents is 1. The average molecular weight is 296 g/mol. The zero-order valence-electron chi connectivity index (χ0n) is 11.3. The molecule has 0 radical (unpaired) electrons. The van der Waals surface area contributed by atoms with E-state index in [1.165, 1.54) is 0 Å². The van der Waals surface area contributed by atoms with E-state index in [4.69, 9.17) is 0 Å². The number of hydrogen-bond donors (Lipinski definition) is 2. The molecule has 0 aliphatic heterocycles. The van der Waals surface area contributed by atoms with Gasteiger partial charge in [-0.25, -0.2) is 8.78 Å². The molecule has 112 valence electrons. The van der Waals surface area contributed by atoms with Crippen LogP contribution in [0.3, 0.4) is 0 Å². The van der Waals surface area contributed by atoms with E-state index in [0.29, 0.717) is 31.5 Å². The van der Waals surface area contributed by atoms with Crippen molar-refractivity contribution < 1.29 is 13.7 Å². The Morgan fingerprint density at radius 2 is 2.05 bits per heavy atom. The fraction of sp³-hybridized carbons (Fsp3) is 0.308. The Kier molecular flexibility index (Phi) is 4.46.